The van der Waals surface area contributed by atoms with Crippen LogP contribution in [0.3, 0.4) is 0 Å². The number of nitrogens with zero attached hydrogens (tertiary/aromatic N) is 1. The number of nitrogens with two attached hydrogens (primary N) is 1. The first-order chi connectivity index (χ1) is 13.0. The van der Waals surface area contributed by atoms with E-state index in [4.69, 9.17) is 5.73 Å². The van der Waals surface area contributed by atoms with E-state index in [9.17, 15) is 14.0 Å². The number of amides is 3. The molecule has 1 atom stereocenters. The highest BCUT2D eigenvalue weighted by Gasteiger charge is 2.31. The van der Waals surface area contributed by atoms with Crippen molar-refractivity contribution in [3.05, 3.63) is 66.0 Å². The Morgan fingerprint density at radius 1 is 1.04 bits per heavy atom. The van der Waals surface area contributed by atoms with Crippen molar-refractivity contribution in [3.8, 4) is 0 Å². The number of rotatable bonds is 5. The van der Waals surface area contributed by atoms with Crippen LogP contribution in [0, 0.1) is 5.82 Å². The van der Waals surface area contributed by atoms with E-state index in [2.05, 4.69) is 15.5 Å². The van der Waals surface area contributed by atoms with Crippen molar-refractivity contribution in [2.24, 2.45) is 5.73 Å². The van der Waals surface area contributed by atoms with Crippen LogP contribution in [0.25, 0.3) is 0 Å². The smallest absolute Gasteiger partial charge is 0.312 e. The van der Waals surface area contributed by atoms with Crippen LogP contribution >= 0.6 is 0 Å². The molecule has 2 aromatic carbocycles. The number of benzene rings is 2. The second kappa shape index (κ2) is 8.64. The first-order valence-corrected chi connectivity index (χ1v) is 8.94. The molecule has 1 aliphatic heterocycles. The number of carbonyl (C=O) groups excluding carboxylic acids is 2. The first kappa shape index (κ1) is 18.8. The zero-order valence-corrected chi connectivity index (χ0v) is 14.9. The Labute approximate surface area is 157 Å². The van der Waals surface area contributed by atoms with Crippen LogP contribution in [0.2, 0.25) is 0 Å². The zero-order valence-electron chi connectivity index (χ0n) is 14.9. The molecule has 0 spiro atoms. The van der Waals surface area contributed by atoms with Crippen molar-refractivity contribution < 1.29 is 14.0 Å². The molecule has 1 fully saturated rings. The maximum Gasteiger partial charge on any atom is 0.312 e. The lowest BCUT2D eigenvalue weighted by molar-refractivity contribution is -0.122. The highest BCUT2D eigenvalue weighted by atomic mass is 19.1. The fourth-order valence-corrected chi connectivity index (χ4v) is 3.41. The van der Waals surface area contributed by atoms with Crippen molar-refractivity contribution in [1.82, 2.24) is 10.2 Å². The summed E-state index contributed by atoms with van der Waals surface area (Å²) in [6.45, 7) is 1.31. The first-order valence-electron chi connectivity index (χ1n) is 8.94. The number of primary amides is 1. The summed E-state index contributed by atoms with van der Waals surface area (Å²) in [6.07, 6.45) is 1.44. The fourth-order valence-electron chi connectivity index (χ4n) is 3.41. The molecule has 0 aromatic heterocycles. The number of piperidine rings is 1. The lowest BCUT2D eigenvalue weighted by Gasteiger charge is -2.37. The Morgan fingerprint density at radius 3 is 2.26 bits per heavy atom. The topological polar surface area (TPSA) is 87.5 Å². The Balaban J connectivity index is 1.75. The van der Waals surface area contributed by atoms with Gasteiger partial charge in [-0.1, -0.05) is 30.3 Å². The van der Waals surface area contributed by atoms with Crippen molar-refractivity contribution in [1.29, 1.82) is 0 Å². The van der Waals surface area contributed by atoms with Crippen LogP contribution < -0.4 is 16.4 Å². The Hall–Kier alpha value is -2.93. The molecule has 3 rings (SSSR count). The highest BCUT2D eigenvalue weighted by molar-refractivity contribution is 5.95. The Morgan fingerprint density at radius 2 is 1.67 bits per heavy atom. The molecule has 0 bridgehead atoms. The van der Waals surface area contributed by atoms with Crippen LogP contribution in [-0.4, -0.2) is 36.0 Å². The monoisotopic (exact) mass is 370 g/mol. The minimum atomic E-state index is -0.526. The molecule has 7 heteroatoms. The van der Waals surface area contributed by atoms with Gasteiger partial charge in [0, 0.05) is 24.8 Å². The van der Waals surface area contributed by atoms with Gasteiger partial charge in [-0.2, -0.15) is 0 Å². The predicted molar refractivity (Wildman–Crippen MR) is 102 cm³/mol. The van der Waals surface area contributed by atoms with Gasteiger partial charge in [-0.15, -0.1) is 0 Å². The quantitative estimate of drug-likeness (QED) is 0.756. The third kappa shape index (κ3) is 5.04. The molecule has 0 radical (unpaired) electrons. The molecular weight excluding hydrogens is 347 g/mol. The number of halogens is 1. The standard InChI is InChI=1S/C20H23FN4O2/c21-15-6-8-16(9-7-15)23-19(26)18(14-4-2-1-3-5-14)25-12-10-17(11-13-25)24-20(22)27/h1-9,17-18H,10-13H2,(H,23,26)(H3,22,24,27)/t18-/m0/s1. The molecule has 0 unspecified atom stereocenters. The number of likely N-dealkylation sites (tertiary alicyclic amines) is 1. The van der Waals surface area contributed by atoms with Crippen LogP contribution in [0.15, 0.2) is 54.6 Å². The van der Waals surface area contributed by atoms with Crippen LogP contribution in [-0.2, 0) is 4.79 Å². The lowest BCUT2D eigenvalue weighted by atomic mass is 9.98. The van der Waals surface area contributed by atoms with Crippen molar-refractivity contribution in [2.75, 3.05) is 18.4 Å². The van der Waals surface area contributed by atoms with Crippen molar-refractivity contribution >= 4 is 17.6 Å². The van der Waals surface area contributed by atoms with E-state index >= 15 is 0 Å². The molecule has 27 heavy (non-hydrogen) atoms. The molecule has 1 heterocycles. The number of urea groups is 1. The van der Waals surface area contributed by atoms with Crippen LogP contribution in [0.1, 0.15) is 24.4 Å². The van der Waals surface area contributed by atoms with Crippen molar-refractivity contribution in [3.63, 3.8) is 0 Å². The largest absolute Gasteiger partial charge is 0.352 e. The van der Waals surface area contributed by atoms with E-state index in [1.807, 2.05) is 30.3 Å². The lowest BCUT2D eigenvalue weighted by Crippen LogP contribution is -2.49. The van der Waals surface area contributed by atoms with Gasteiger partial charge < -0.3 is 16.4 Å². The predicted octanol–water partition coefficient (Wildman–Crippen LogP) is 2.64. The average molecular weight is 370 g/mol. The normalized spacial score (nSPS) is 16.5. The van der Waals surface area contributed by atoms with Crippen LogP contribution in [0.5, 0.6) is 0 Å². The maximum absolute atomic E-state index is 13.1. The number of nitrogens with one attached hydrogen (secondary N) is 2. The summed E-state index contributed by atoms with van der Waals surface area (Å²) in [5.41, 5.74) is 6.64. The summed E-state index contributed by atoms with van der Waals surface area (Å²) in [6, 6.07) is 14.3. The minimum Gasteiger partial charge on any atom is -0.352 e. The Kier molecular flexibility index (Phi) is 6.03. The van der Waals surface area contributed by atoms with Gasteiger partial charge in [-0.3, -0.25) is 9.69 Å². The van der Waals surface area contributed by atoms with Gasteiger partial charge in [0.05, 0.1) is 0 Å². The summed E-state index contributed by atoms with van der Waals surface area (Å²) in [4.78, 5) is 26.2. The zero-order chi connectivity index (χ0) is 19.2. The van der Waals surface area contributed by atoms with Crippen molar-refractivity contribution in [2.45, 2.75) is 24.9 Å². The van der Waals surface area contributed by atoms with E-state index in [0.29, 0.717) is 18.8 Å². The molecule has 1 aliphatic rings. The Bertz CT molecular complexity index is 774. The van der Waals surface area contributed by atoms with E-state index in [0.717, 1.165) is 18.4 Å². The average Bonchev–Trinajstić information content (AvgIpc) is 2.66. The SMILES string of the molecule is NC(=O)NC1CCN([C@H](C(=O)Nc2ccc(F)cc2)c2ccccc2)CC1. The number of hydrogen-bond acceptors (Lipinski definition) is 3. The number of anilines is 1. The molecule has 3 amide bonds. The van der Waals surface area contributed by atoms with Gasteiger partial charge in [0.25, 0.3) is 0 Å². The molecular formula is C20H23FN4O2. The van der Waals surface area contributed by atoms with E-state index < -0.39 is 12.1 Å². The summed E-state index contributed by atoms with van der Waals surface area (Å²) in [7, 11) is 0. The molecule has 1 saturated heterocycles. The molecule has 6 nitrogen and oxygen atoms in total. The van der Waals surface area contributed by atoms with Gasteiger partial charge in [-0.25, -0.2) is 9.18 Å². The number of hydrogen-bond donors (Lipinski definition) is 3. The minimum absolute atomic E-state index is 0.0235. The summed E-state index contributed by atoms with van der Waals surface area (Å²) in [5, 5.41) is 5.60. The van der Waals surface area contributed by atoms with E-state index in [-0.39, 0.29) is 17.8 Å². The second-order valence-corrected chi connectivity index (χ2v) is 6.63. The molecule has 0 aliphatic carbocycles. The van der Waals surface area contributed by atoms with Crippen LogP contribution in [0.4, 0.5) is 14.9 Å². The molecule has 2 aromatic rings. The summed E-state index contributed by atoms with van der Waals surface area (Å²) < 4.78 is 13.1. The third-order valence-corrected chi connectivity index (χ3v) is 4.72. The second-order valence-electron chi connectivity index (χ2n) is 6.63. The highest BCUT2D eigenvalue weighted by Crippen LogP contribution is 2.26. The van der Waals surface area contributed by atoms with Gasteiger partial charge in [0.2, 0.25) is 5.91 Å². The molecule has 4 N–H and O–H groups in total. The molecule has 142 valence electrons. The van der Waals surface area contributed by atoms with E-state index in [1.165, 1.54) is 24.3 Å². The van der Waals surface area contributed by atoms with Gasteiger partial charge in [0.1, 0.15) is 11.9 Å². The molecule has 0 saturated carbocycles. The van der Waals surface area contributed by atoms with Gasteiger partial charge in [0.15, 0.2) is 0 Å². The van der Waals surface area contributed by atoms with Gasteiger partial charge in [-0.05, 0) is 42.7 Å². The van der Waals surface area contributed by atoms with Gasteiger partial charge >= 0.3 is 6.03 Å². The number of carbonyl (C=O) groups is 2. The summed E-state index contributed by atoms with van der Waals surface area (Å²) in [5.74, 6) is -0.522. The third-order valence-electron chi connectivity index (χ3n) is 4.72. The fraction of sp³-hybridized carbons (Fsp3) is 0.300. The van der Waals surface area contributed by atoms with E-state index in [1.54, 1.807) is 0 Å². The summed E-state index contributed by atoms with van der Waals surface area (Å²) >= 11 is 0. The maximum atomic E-state index is 13.1.